The van der Waals surface area contributed by atoms with Crippen LogP contribution in [0.2, 0.25) is 0 Å². The second-order valence-corrected chi connectivity index (χ2v) is 5.90. The van der Waals surface area contributed by atoms with Crippen molar-refractivity contribution in [3.8, 4) is 0 Å². The Hall–Kier alpha value is -0.920. The van der Waals surface area contributed by atoms with E-state index in [1.165, 1.54) is 23.1 Å². The molecule has 0 unspecified atom stereocenters. The molecule has 0 aliphatic rings. The van der Waals surface area contributed by atoms with Gasteiger partial charge in [-0.3, -0.25) is 5.41 Å². The Morgan fingerprint density at radius 3 is 2.94 bits per heavy atom. The molecule has 0 atom stereocenters. The molecule has 0 radical (unpaired) electrons. The van der Waals surface area contributed by atoms with Gasteiger partial charge in [0.25, 0.3) is 0 Å². The SMILES string of the molecule is N=C(N)c1cc(Br)ccc1Sc1nncs1. The average Bonchev–Trinajstić information content (AvgIpc) is 2.73. The largest absolute Gasteiger partial charge is 0.384 e. The summed E-state index contributed by atoms with van der Waals surface area (Å²) in [7, 11) is 0. The molecule has 3 N–H and O–H groups in total. The lowest BCUT2D eigenvalue weighted by Crippen LogP contribution is -2.12. The smallest absolute Gasteiger partial charge is 0.178 e. The standard InChI is InChI=1S/C9H7BrN4S2/c10-5-1-2-7(6(3-5)8(11)12)16-9-14-13-4-15-9/h1-4H,(H3,11,12). The van der Waals surface area contributed by atoms with E-state index in [1.54, 1.807) is 5.51 Å². The zero-order valence-electron chi connectivity index (χ0n) is 7.98. The van der Waals surface area contributed by atoms with Gasteiger partial charge in [-0.2, -0.15) is 0 Å². The second kappa shape index (κ2) is 4.94. The number of amidine groups is 1. The molecule has 0 bridgehead atoms. The monoisotopic (exact) mass is 314 g/mol. The summed E-state index contributed by atoms with van der Waals surface area (Å²) >= 11 is 6.28. The van der Waals surface area contributed by atoms with Crippen molar-refractivity contribution in [2.24, 2.45) is 5.73 Å². The molecular formula is C9H7BrN4S2. The molecule has 0 aliphatic heterocycles. The van der Waals surface area contributed by atoms with Gasteiger partial charge in [0.15, 0.2) is 4.34 Å². The first-order valence-corrected chi connectivity index (χ1v) is 6.73. The number of nitrogens with two attached hydrogens (primary N) is 1. The van der Waals surface area contributed by atoms with Crippen LogP contribution in [0.15, 0.2) is 37.4 Å². The van der Waals surface area contributed by atoms with Gasteiger partial charge < -0.3 is 5.73 Å². The number of hydrogen-bond donors (Lipinski definition) is 2. The molecule has 2 aromatic rings. The number of hydrogen-bond acceptors (Lipinski definition) is 5. The summed E-state index contributed by atoms with van der Waals surface area (Å²) in [6, 6.07) is 5.65. The number of halogens is 1. The molecule has 2 rings (SSSR count). The predicted molar refractivity (Wildman–Crippen MR) is 69.2 cm³/mol. The first-order valence-electron chi connectivity index (χ1n) is 4.25. The molecule has 1 aromatic carbocycles. The maximum atomic E-state index is 7.51. The number of nitrogens with zero attached hydrogens (tertiary/aromatic N) is 2. The average molecular weight is 315 g/mol. The first kappa shape index (κ1) is 11.6. The van der Waals surface area contributed by atoms with Crippen LogP contribution in [0.4, 0.5) is 0 Å². The van der Waals surface area contributed by atoms with Crippen molar-refractivity contribution in [1.29, 1.82) is 5.41 Å². The van der Waals surface area contributed by atoms with E-state index in [2.05, 4.69) is 26.1 Å². The summed E-state index contributed by atoms with van der Waals surface area (Å²) < 4.78 is 1.74. The van der Waals surface area contributed by atoms with Crippen molar-refractivity contribution in [1.82, 2.24) is 10.2 Å². The Morgan fingerprint density at radius 2 is 2.31 bits per heavy atom. The summed E-state index contributed by atoms with van der Waals surface area (Å²) in [5, 5.41) is 15.2. The Kier molecular flexibility index (Phi) is 3.57. The molecule has 16 heavy (non-hydrogen) atoms. The van der Waals surface area contributed by atoms with Crippen LogP contribution in [-0.4, -0.2) is 16.0 Å². The van der Waals surface area contributed by atoms with E-state index < -0.39 is 0 Å². The summed E-state index contributed by atoms with van der Waals surface area (Å²) in [5.74, 6) is 0.0494. The maximum Gasteiger partial charge on any atom is 0.178 e. The van der Waals surface area contributed by atoms with Crippen LogP contribution in [-0.2, 0) is 0 Å². The van der Waals surface area contributed by atoms with Crippen molar-refractivity contribution >= 4 is 44.9 Å². The Bertz CT molecular complexity index is 512. The topological polar surface area (TPSA) is 75.7 Å². The highest BCUT2D eigenvalue weighted by molar-refractivity contribution is 9.10. The minimum Gasteiger partial charge on any atom is -0.384 e. The summed E-state index contributed by atoms with van der Waals surface area (Å²) in [5.41, 5.74) is 7.91. The Labute approximate surface area is 109 Å². The van der Waals surface area contributed by atoms with Crippen LogP contribution in [0.5, 0.6) is 0 Å². The van der Waals surface area contributed by atoms with Gasteiger partial charge in [0.05, 0.1) is 0 Å². The lowest BCUT2D eigenvalue weighted by molar-refractivity contribution is 1.01. The minimum absolute atomic E-state index is 0.0494. The third kappa shape index (κ3) is 2.60. The molecule has 0 spiro atoms. The fraction of sp³-hybridized carbons (Fsp3) is 0. The van der Waals surface area contributed by atoms with Crippen LogP contribution in [0, 0.1) is 5.41 Å². The third-order valence-corrected chi connectivity index (χ3v) is 4.12. The molecule has 0 saturated heterocycles. The summed E-state index contributed by atoms with van der Waals surface area (Å²) in [4.78, 5) is 0.910. The number of nitrogen functional groups attached to an aromatic ring is 1. The second-order valence-electron chi connectivity index (χ2n) is 2.86. The van der Waals surface area contributed by atoms with Crippen LogP contribution >= 0.6 is 39.0 Å². The van der Waals surface area contributed by atoms with Crippen molar-refractivity contribution in [3.63, 3.8) is 0 Å². The highest BCUT2D eigenvalue weighted by Gasteiger charge is 2.09. The first-order chi connectivity index (χ1) is 7.66. The Morgan fingerprint density at radius 1 is 1.50 bits per heavy atom. The Balaban J connectivity index is 2.36. The van der Waals surface area contributed by atoms with Crippen molar-refractivity contribution < 1.29 is 0 Å². The van der Waals surface area contributed by atoms with Crippen molar-refractivity contribution in [2.75, 3.05) is 0 Å². The van der Waals surface area contributed by atoms with Crippen molar-refractivity contribution in [3.05, 3.63) is 33.7 Å². The van der Waals surface area contributed by atoms with E-state index in [9.17, 15) is 0 Å². The quantitative estimate of drug-likeness (QED) is 0.674. The lowest BCUT2D eigenvalue weighted by atomic mass is 10.2. The van der Waals surface area contributed by atoms with Gasteiger partial charge in [0.1, 0.15) is 11.3 Å². The van der Waals surface area contributed by atoms with E-state index >= 15 is 0 Å². The van der Waals surface area contributed by atoms with E-state index in [4.69, 9.17) is 11.1 Å². The van der Waals surface area contributed by atoms with Crippen LogP contribution in [0.3, 0.4) is 0 Å². The van der Waals surface area contributed by atoms with E-state index in [1.807, 2.05) is 18.2 Å². The fourth-order valence-corrected chi connectivity index (χ4v) is 3.02. The number of rotatable bonds is 3. The molecule has 82 valence electrons. The minimum atomic E-state index is 0.0494. The van der Waals surface area contributed by atoms with Gasteiger partial charge in [0.2, 0.25) is 0 Å². The number of aromatic nitrogens is 2. The van der Waals surface area contributed by atoms with E-state index in [0.29, 0.717) is 5.56 Å². The molecule has 0 aliphatic carbocycles. The zero-order chi connectivity index (χ0) is 11.5. The molecule has 4 nitrogen and oxygen atoms in total. The van der Waals surface area contributed by atoms with Gasteiger partial charge in [-0.15, -0.1) is 10.2 Å². The van der Waals surface area contributed by atoms with Gasteiger partial charge >= 0.3 is 0 Å². The highest BCUT2D eigenvalue weighted by atomic mass is 79.9. The number of nitrogens with one attached hydrogen (secondary N) is 1. The molecule has 1 aromatic heterocycles. The molecule has 0 saturated carbocycles. The van der Waals surface area contributed by atoms with Crippen LogP contribution in [0.1, 0.15) is 5.56 Å². The van der Waals surface area contributed by atoms with Crippen molar-refractivity contribution in [2.45, 2.75) is 9.24 Å². The van der Waals surface area contributed by atoms with Gasteiger partial charge in [0, 0.05) is 14.9 Å². The maximum absolute atomic E-state index is 7.51. The molecule has 0 fully saturated rings. The van der Waals surface area contributed by atoms with Gasteiger partial charge in [-0.25, -0.2) is 0 Å². The van der Waals surface area contributed by atoms with Crippen LogP contribution < -0.4 is 5.73 Å². The third-order valence-electron chi connectivity index (χ3n) is 1.77. The zero-order valence-corrected chi connectivity index (χ0v) is 11.2. The van der Waals surface area contributed by atoms with Crippen LogP contribution in [0.25, 0.3) is 0 Å². The fourth-order valence-electron chi connectivity index (χ4n) is 1.10. The van der Waals surface area contributed by atoms with Gasteiger partial charge in [-0.1, -0.05) is 39.0 Å². The van der Waals surface area contributed by atoms with Gasteiger partial charge in [-0.05, 0) is 18.2 Å². The van der Waals surface area contributed by atoms with E-state index in [0.717, 1.165) is 13.7 Å². The molecule has 0 amide bonds. The highest BCUT2D eigenvalue weighted by Crippen LogP contribution is 2.32. The molecule has 7 heteroatoms. The van der Waals surface area contributed by atoms with E-state index in [-0.39, 0.29) is 5.84 Å². The molecule has 1 heterocycles. The molecular weight excluding hydrogens is 308 g/mol. The number of benzene rings is 1. The summed E-state index contributed by atoms with van der Waals surface area (Å²) in [6.07, 6.45) is 0. The lowest BCUT2D eigenvalue weighted by Gasteiger charge is -2.06. The predicted octanol–water partition coefficient (Wildman–Crippen LogP) is 2.74. The summed E-state index contributed by atoms with van der Waals surface area (Å²) in [6.45, 7) is 0. The normalized spacial score (nSPS) is 10.3.